The Labute approximate surface area is 152 Å². The van der Waals surface area contributed by atoms with Gasteiger partial charge in [0.25, 0.3) is 0 Å². The lowest BCUT2D eigenvalue weighted by Gasteiger charge is -2.12. The molecule has 0 spiro atoms. The van der Waals surface area contributed by atoms with Gasteiger partial charge in [0.15, 0.2) is 11.6 Å². The Kier molecular flexibility index (Phi) is 5.22. The van der Waals surface area contributed by atoms with Gasteiger partial charge in [0.05, 0.1) is 11.3 Å². The highest BCUT2D eigenvalue weighted by atomic mass is 16.1. The lowest BCUT2D eigenvalue weighted by atomic mass is 10.0. The van der Waals surface area contributed by atoms with Crippen molar-refractivity contribution < 1.29 is 4.79 Å². The zero-order chi connectivity index (χ0) is 18.5. The van der Waals surface area contributed by atoms with Gasteiger partial charge in [-0.15, -0.1) is 5.10 Å². The Bertz CT molecular complexity index is 911. The summed E-state index contributed by atoms with van der Waals surface area (Å²) in [6.07, 6.45) is 2.71. The molecular weight excluding hydrogens is 326 g/mol. The molecule has 3 aromatic rings. The van der Waals surface area contributed by atoms with Gasteiger partial charge in [-0.1, -0.05) is 49.4 Å². The number of ketones is 1. The number of hydrogen-bond acceptors (Lipinski definition) is 5. The molecule has 26 heavy (non-hydrogen) atoms. The fraction of sp³-hybridized carbons (Fsp3) is 0.200. The molecule has 2 aromatic carbocycles. The first-order chi connectivity index (χ1) is 12.6. The molecule has 0 atom stereocenters. The van der Waals surface area contributed by atoms with Crippen LogP contribution in [0.25, 0.3) is 11.3 Å². The van der Waals surface area contributed by atoms with Crippen molar-refractivity contribution in [3.63, 3.8) is 0 Å². The molecule has 1 aromatic heterocycles. The predicted molar refractivity (Wildman–Crippen MR) is 101 cm³/mol. The quantitative estimate of drug-likeness (QED) is 0.507. The molecule has 0 N–H and O–H groups in total. The number of carbonyl (C=O) groups excluding carboxylic acids is 1. The minimum absolute atomic E-state index is 0.125. The molecule has 132 valence electrons. The third kappa shape index (κ3) is 3.69. The van der Waals surface area contributed by atoms with Crippen molar-refractivity contribution >= 4 is 11.4 Å². The van der Waals surface area contributed by atoms with E-state index < -0.39 is 0 Å². The topological polar surface area (TPSA) is 63.9 Å². The zero-order valence-electron chi connectivity index (χ0n) is 15.1. The molecule has 0 aliphatic rings. The summed E-state index contributed by atoms with van der Waals surface area (Å²) in [4.78, 5) is 14.9. The molecule has 3 rings (SSSR count). The van der Waals surface area contributed by atoms with Crippen LogP contribution < -0.4 is 0 Å². The normalized spacial score (nSPS) is 11.4. The number of hydrogen-bond donors (Lipinski definition) is 0. The first-order valence-corrected chi connectivity index (χ1v) is 8.46. The maximum absolute atomic E-state index is 13.1. The van der Waals surface area contributed by atoms with Gasteiger partial charge in [0.1, 0.15) is 0 Å². The third-order valence-electron chi connectivity index (χ3n) is 3.97. The number of Topliss-reactive ketones (excluding diaryl/α,β-unsaturated/α-hetero) is 1. The first kappa shape index (κ1) is 17.5. The van der Waals surface area contributed by atoms with Crippen LogP contribution in [0, 0.1) is 0 Å². The number of tetrazole rings is 1. The largest absolute Gasteiger partial charge is 0.383 e. The van der Waals surface area contributed by atoms with Gasteiger partial charge in [-0.05, 0) is 34.5 Å². The first-order valence-electron chi connectivity index (χ1n) is 8.46. The summed E-state index contributed by atoms with van der Waals surface area (Å²) in [7, 11) is 3.73. The molecule has 0 saturated carbocycles. The number of nitrogens with zero attached hydrogens (tertiary/aromatic N) is 5. The zero-order valence-corrected chi connectivity index (χ0v) is 15.1. The van der Waals surface area contributed by atoms with Crippen molar-refractivity contribution in [1.29, 1.82) is 0 Å². The van der Waals surface area contributed by atoms with Crippen LogP contribution in [-0.4, -0.2) is 45.0 Å². The molecule has 0 radical (unpaired) electrons. The highest BCUT2D eigenvalue weighted by Gasteiger charge is 2.21. The van der Waals surface area contributed by atoms with Crippen molar-refractivity contribution in [3.8, 4) is 5.69 Å². The van der Waals surface area contributed by atoms with Crippen molar-refractivity contribution in [2.75, 3.05) is 14.1 Å². The lowest BCUT2D eigenvalue weighted by Crippen LogP contribution is -2.13. The van der Waals surface area contributed by atoms with Gasteiger partial charge in [-0.25, -0.2) is 0 Å². The van der Waals surface area contributed by atoms with Crippen LogP contribution >= 0.6 is 0 Å². The third-order valence-corrected chi connectivity index (χ3v) is 3.97. The second kappa shape index (κ2) is 7.74. The molecular formula is C20H21N5O. The van der Waals surface area contributed by atoms with E-state index in [9.17, 15) is 4.79 Å². The summed E-state index contributed by atoms with van der Waals surface area (Å²) in [5, 5.41) is 12.0. The van der Waals surface area contributed by atoms with E-state index in [1.807, 2.05) is 61.5 Å². The van der Waals surface area contributed by atoms with Crippen LogP contribution in [0.5, 0.6) is 0 Å². The molecule has 0 fully saturated rings. The summed E-state index contributed by atoms with van der Waals surface area (Å²) in [5.74, 6) is 0.289. The number of benzene rings is 2. The molecule has 0 aliphatic carbocycles. The lowest BCUT2D eigenvalue weighted by molar-refractivity contribution is 0.105. The Morgan fingerprint density at radius 1 is 1.08 bits per heavy atom. The standard InChI is InChI=1S/C20H21N5O/c1-4-15-10-12-17(13-11-15)25-20(21-22-23-25)18(14-24(2)3)19(26)16-8-6-5-7-9-16/h5-14H,4H2,1-3H3/b18-14+. The maximum atomic E-state index is 13.1. The van der Waals surface area contributed by atoms with Gasteiger partial charge in [-0.3, -0.25) is 4.79 Å². The predicted octanol–water partition coefficient (Wildman–Crippen LogP) is 3.01. The van der Waals surface area contributed by atoms with Crippen LogP contribution in [0.3, 0.4) is 0 Å². The second-order valence-electron chi connectivity index (χ2n) is 6.14. The van der Waals surface area contributed by atoms with E-state index in [0.29, 0.717) is 17.0 Å². The minimum Gasteiger partial charge on any atom is -0.383 e. The van der Waals surface area contributed by atoms with E-state index in [4.69, 9.17) is 0 Å². The fourth-order valence-corrected chi connectivity index (χ4v) is 2.62. The fourth-order valence-electron chi connectivity index (χ4n) is 2.62. The Morgan fingerprint density at radius 3 is 2.38 bits per heavy atom. The van der Waals surface area contributed by atoms with Crippen molar-refractivity contribution in [2.45, 2.75) is 13.3 Å². The Morgan fingerprint density at radius 2 is 1.77 bits per heavy atom. The van der Waals surface area contributed by atoms with Gasteiger partial charge in [0, 0.05) is 25.9 Å². The molecule has 6 heteroatoms. The number of aromatic nitrogens is 4. The SMILES string of the molecule is CCc1ccc(-n2nnnc2/C(=C/N(C)C)C(=O)c2ccccc2)cc1. The molecule has 0 unspecified atom stereocenters. The number of allylic oxidation sites excluding steroid dienone is 1. The van der Waals surface area contributed by atoms with Crippen LogP contribution in [0.2, 0.25) is 0 Å². The van der Waals surface area contributed by atoms with Gasteiger partial charge in [0.2, 0.25) is 0 Å². The van der Waals surface area contributed by atoms with Crippen LogP contribution in [0.4, 0.5) is 0 Å². The monoisotopic (exact) mass is 347 g/mol. The van der Waals surface area contributed by atoms with E-state index in [0.717, 1.165) is 12.1 Å². The van der Waals surface area contributed by atoms with Crippen LogP contribution in [0.15, 0.2) is 60.8 Å². The highest BCUT2D eigenvalue weighted by molar-refractivity contribution is 6.28. The molecule has 0 saturated heterocycles. The van der Waals surface area contributed by atoms with E-state index in [1.54, 1.807) is 23.0 Å². The Balaban J connectivity index is 2.06. The van der Waals surface area contributed by atoms with Gasteiger partial charge in [-0.2, -0.15) is 4.68 Å². The minimum atomic E-state index is -0.125. The molecule has 6 nitrogen and oxygen atoms in total. The van der Waals surface area contributed by atoms with E-state index in [1.165, 1.54) is 5.56 Å². The Hall–Kier alpha value is -3.28. The van der Waals surface area contributed by atoms with E-state index in [-0.39, 0.29) is 5.78 Å². The summed E-state index contributed by atoms with van der Waals surface area (Å²) < 4.78 is 1.59. The summed E-state index contributed by atoms with van der Waals surface area (Å²) in [6, 6.07) is 17.1. The van der Waals surface area contributed by atoms with Crippen LogP contribution in [0.1, 0.15) is 28.7 Å². The summed E-state index contributed by atoms with van der Waals surface area (Å²) in [5.41, 5.74) is 3.07. The number of carbonyl (C=O) groups is 1. The van der Waals surface area contributed by atoms with E-state index >= 15 is 0 Å². The van der Waals surface area contributed by atoms with Crippen molar-refractivity contribution in [1.82, 2.24) is 25.1 Å². The summed E-state index contributed by atoms with van der Waals surface area (Å²) >= 11 is 0. The van der Waals surface area contributed by atoms with Crippen molar-refractivity contribution in [2.24, 2.45) is 0 Å². The average Bonchev–Trinajstić information content (AvgIpc) is 3.15. The van der Waals surface area contributed by atoms with Gasteiger partial charge >= 0.3 is 0 Å². The van der Waals surface area contributed by atoms with Crippen molar-refractivity contribution in [3.05, 3.63) is 77.7 Å². The van der Waals surface area contributed by atoms with E-state index in [2.05, 4.69) is 22.4 Å². The highest BCUT2D eigenvalue weighted by Crippen LogP contribution is 2.21. The van der Waals surface area contributed by atoms with Gasteiger partial charge < -0.3 is 4.90 Å². The second-order valence-corrected chi connectivity index (χ2v) is 6.14. The molecule has 0 amide bonds. The molecule has 1 heterocycles. The number of rotatable bonds is 6. The molecule has 0 bridgehead atoms. The number of aryl methyl sites for hydroxylation is 1. The average molecular weight is 347 g/mol. The smallest absolute Gasteiger partial charge is 0.198 e. The maximum Gasteiger partial charge on any atom is 0.198 e. The molecule has 0 aliphatic heterocycles. The summed E-state index contributed by atoms with van der Waals surface area (Å²) in [6.45, 7) is 2.11. The van der Waals surface area contributed by atoms with Crippen LogP contribution in [-0.2, 0) is 6.42 Å².